The average molecular weight is 354 g/mol. The van der Waals surface area contributed by atoms with E-state index in [0.717, 1.165) is 36.6 Å². The highest BCUT2D eigenvalue weighted by Gasteiger charge is 2.17. The summed E-state index contributed by atoms with van der Waals surface area (Å²) in [6, 6.07) is 0.0192. The molecule has 2 unspecified atom stereocenters. The third-order valence-corrected chi connectivity index (χ3v) is 4.65. The highest BCUT2D eigenvalue weighted by molar-refractivity contribution is 7.09. The zero-order valence-corrected chi connectivity index (χ0v) is 15.0. The van der Waals surface area contributed by atoms with Gasteiger partial charge in [-0.1, -0.05) is 6.92 Å². The average Bonchev–Trinajstić information content (AvgIpc) is 3.07. The number of halogens is 2. The number of thiazole rings is 1. The zero-order chi connectivity index (χ0) is 13.7. The molecule has 0 spiro atoms. The number of nitrogens with zero attached hydrogens (tertiary/aromatic N) is 1. The van der Waals surface area contributed by atoms with E-state index in [1.807, 2.05) is 12.3 Å². The van der Waals surface area contributed by atoms with Crippen molar-refractivity contribution in [1.29, 1.82) is 0 Å². The number of amides is 1. The number of rotatable bonds is 6. The van der Waals surface area contributed by atoms with Crippen LogP contribution in [0, 0.1) is 5.92 Å². The minimum atomic E-state index is 0. The molecule has 21 heavy (non-hydrogen) atoms. The smallest absolute Gasteiger partial charge is 0.220 e. The van der Waals surface area contributed by atoms with Gasteiger partial charge < -0.3 is 10.6 Å². The van der Waals surface area contributed by atoms with Gasteiger partial charge in [0.2, 0.25) is 5.91 Å². The van der Waals surface area contributed by atoms with Gasteiger partial charge in [0.25, 0.3) is 0 Å². The molecule has 2 N–H and O–H groups in total. The molecule has 2 heterocycles. The first-order valence-electron chi connectivity index (χ1n) is 7.13. The second kappa shape index (κ2) is 10.4. The van der Waals surface area contributed by atoms with Crippen LogP contribution in [-0.4, -0.2) is 24.0 Å². The molecular formula is C14H25Cl2N3OS. The first-order valence-corrected chi connectivity index (χ1v) is 8.01. The number of carbonyl (C=O) groups excluding carboxylic acids is 1. The number of aromatic nitrogens is 1. The zero-order valence-electron chi connectivity index (χ0n) is 12.6. The quantitative estimate of drug-likeness (QED) is 0.825. The first-order chi connectivity index (χ1) is 9.19. The summed E-state index contributed by atoms with van der Waals surface area (Å²) in [5, 5.41) is 9.55. The van der Waals surface area contributed by atoms with E-state index in [9.17, 15) is 4.79 Å². The van der Waals surface area contributed by atoms with Gasteiger partial charge in [-0.2, -0.15) is 0 Å². The lowest BCUT2D eigenvalue weighted by molar-refractivity contribution is -0.122. The molecule has 1 aromatic rings. The summed E-state index contributed by atoms with van der Waals surface area (Å²) < 4.78 is 0. The van der Waals surface area contributed by atoms with Gasteiger partial charge in [-0.25, -0.2) is 4.98 Å². The van der Waals surface area contributed by atoms with Crippen LogP contribution in [-0.2, 0) is 11.2 Å². The van der Waals surface area contributed by atoms with E-state index < -0.39 is 0 Å². The van der Waals surface area contributed by atoms with Crippen molar-refractivity contribution >= 4 is 42.1 Å². The molecule has 1 amide bonds. The van der Waals surface area contributed by atoms with E-state index in [-0.39, 0.29) is 36.8 Å². The summed E-state index contributed by atoms with van der Waals surface area (Å²) in [5.74, 6) is 0.817. The van der Waals surface area contributed by atoms with Gasteiger partial charge in [0, 0.05) is 11.8 Å². The van der Waals surface area contributed by atoms with Gasteiger partial charge in [0.05, 0.1) is 16.7 Å². The molecule has 0 aliphatic carbocycles. The highest BCUT2D eigenvalue weighted by Crippen LogP contribution is 2.18. The third kappa shape index (κ3) is 6.51. The normalized spacial score (nSPS) is 18.5. The second-order valence-corrected chi connectivity index (χ2v) is 6.15. The standard InChI is InChI=1S/C14H23N3OS.2ClH/c1-3-14-17-12(9-19-14)10(2)16-13(18)5-4-11-6-7-15-8-11;;/h9-11,15H,3-8H2,1-2H3,(H,16,18);2*1H. The molecule has 0 bridgehead atoms. The maximum Gasteiger partial charge on any atom is 0.220 e. The molecule has 0 aromatic carbocycles. The van der Waals surface area contributed by atoms with Crippen molar-refractivity contribution in [2.45, 2.75) is 45.6 Å². The van der Waals surface area contributed by atoms with Crippen LogP contribution >= 0.6 is 36.2 Å². The summed E-state index contributed by atoms with van der Waals surface area (Å²) in [4.78, 5) is 16.4. The van der Waals surface area contributed by atoms with Crippen LogP contribution in [0.4, 0.5) is 0 Å². The molecule has 2 rings (SSSR count). The molecule has 7 heteroatoms. The van der Waals surface area contributed by atoms with E-state index in [0.29, 0.717) is 12.3 Å². The van der Waals surface area contributed by atoms with Gasteiger partial charge in [-0.15, -0.1) is 36.2 Å². The van der Waals surface area contributed by atoms with Crippen molar-refractivity contribution in [1.82, 2.24) is 15.6 Å². The Hall–Kier alpha value is -0.360. The summed E-state index contributed by atoms with van der Waals surface area (Å²) in [7, 11) is 0. The minimum absolute atomic E-state index is 0. The predicted molar refractivity (Wildman–Crippen MR) is 92.8 cm³/mol. The van der Waals surface area contributed by atoms with E-state index in [2.05, 4.69) is 22.5 Å². The highest BCUT2D eigenvalue weighted by atomic mass is 35.5. The van der Waals surface area contributed by atoms with E-state index in [1.165, 1.54) is 6.42 Å². The fourth-order valence-electron chi connectivity index (χ4n) is 2.37. The van der Waals surface area contributed by atoms with Gasteiger partial charge in [0.1, 0.15) is 0 Å². The molecule has 1 aliphatic rings. The lowest BCUT2D eigenvalue weighted by atomic mass is 10.0. The lowest BCUT2D eigenvalue weighted by Crippen LogP contribution is -2.27. The Kier molecular flexibility index (Phi) is 10.2. The summed E-state index contributed by atoms with van der Waals surface area (Å²) in [6.07, 6.45) is 3.78. The Balaban J connectivity index is 0.00000200. The predicted octanol–water partition coefficient (Wildman–Crippen LogP) is 3.12. The van der Waals surface area contributed by atoms with Crippen molar-refractivity contribution in [3.8, 4) is 0 Å². The number of aryl methyl sites for hydroxylation is 1. The topological polar surface area (TPSA) is 54.0 Å². The molecule has 1 aromatic heterocycles. The van der Waals surface area contributed by atoms with Crippen molar-refractivity contribution in [2.24, 2.45) is 5.92 Å². The van der Waals surface area contributed by atoms with Crippen molar-refractivity contribution in [3.63, 3.8) is 0 Å². The molecule has 0 saturated carbocycles. The Bertz CT molecular complexity index is 422. The molecular weight excluding hydrogens is 329 g/mol. The Labute approximate surface area is 143 Å². The first kappa shape index (κ1) is 20.6. The SMILES string of the molecule is CCc1nc(C(C)NC(=O)CCC2CCNC2)cs1.Cl.Cl. The number of nitrogens with one attached hydrogen (secondary N) is 2. The fraction of sp³-hybridized carbons (Fsp3) is 0.714. The molecule has 1 saturated heterocycles. The van der Waals surface area contributed by atoms with Crippen LogP contribution in [0.1, 0.15) is 49.9 Å². The van der Waals surface area contributed by atoms with Crippen LogP contribution in [0.2, 0.25) is 0 Å². The lowest BCUT2D eigenvalue weighted by Gasteiger charge is -2.13. The fourth-order valence-corrected chi connectivity index (χ4v) is 3.21. The van der Waals surface area contributed by atoms with Crippen molar-refractivity contribution < 1.29 is 4.79 Å². The largest absolute Gasteiger partial charge is 0.348 e. The molecule has 4 nitrogen and oxygen atoms in total. The number of hydrogen-bond donors (Lipinski definition) is 2. The van der Waals surface area contributed by atoms with E-state index in [1.54, 1.807) is 11.3 Å². The maximum atomic E-state index is 11.9. The Morgan fingerprint density at radius 3 is 2.90 bits per heavy atom. The Morgan fingerprint density at radius 1 is 1.57 bits per heavy atom. The van der Waals surface area contributed by atoms with Gasteiger partial charge in [-0.05, 0) is 45.2 Å². The minimum Gasteiger partial charge on any atom is -0.348 e. The Morgan fingerprint density at radius 2 is 2.33 bits per heavy atom. The summed E-state index contributed by atoms with van der Waals surface area (Å²) >= 11 is 1.67. The number of carbonyl (C=O) groups is 1. The van der Waals surface area contributed by atoms with E-state index >= 15 is 0 Å². The van der Waals surface area contributed by atoms with Crippen LogP contribution in [0.5, 0.6) is 0 Å². The third-order valence-electron chi connectivity index (χ3n) is 3.64. The van der Waals surface area contributed by atoms with Crippen molar-refractivity contribution in [2.75, 3.05) is 13.1 Å². The van der Waals surface area contributed by atoms with Gasteiger partial charge >= 0.3 is 0 Å². The molecule has 0 radical (unpaired) electrons. The molecule has 122 valence electrons. The number of hydrogen-bond acceptors (Lipinski definition) is 4. The molecule has 2 atom stereocenters. The van der Waals surface area contributed by atoms with Crippen LogP contribution in [0.15, 0.2) is 5.38 Å². The maximum absolute atomic E-state index is 11.9. The van der Waals surface area contributed by atoms with Crippen LogP contribution in [0.25, 0.3) is 0 Å². The summed E-state index contributed by atoms with van der Waals surface area (Å²) in [5.41, 5.74) is 0.984. The van der Waals surface area contributed by atoms with Crippen LogP contribution < -0.4 is 10.6 Å². The monoisotopic (exact) mass is 353 g/mol. The van der Waals surface area contributed by atoms with E-state index in [4.69, 9.17) is 0 Å². The molecule has 1 fully saturated rings. The second-order valence-electron chi connectivity index (χ2n) is 5.21. The summed E-state index contributed by atoms with van der Waals surface area (Å²) in [6.45, 7) is 6.26. The van der Waals surface area contributed by atoms with Crippen molar-refractivity contribution in [3.05, 3.63) is 16.1 Å². The molecule has 1 aliphatic heterocycles. The van der Waals surface area contributed by atoms with Gasteiger partial charge in [0.15, 0.2) is 0 Å². The van der Waals surface area contributed by atoms with Gasteiger partial charge in [-0.3, -0.25) is 4.79 Å². The van der Waals surface area contributed by atoms with Crippen LogP contribution in [0.3, 0.4) is 0 Å².